The van der Waals surface area contributed by atoms with Gasteiger partial charge in [0.2, 0.25) is 0 Å². The Hall–Kier alpha value is -2.46. The second kappa shape index (κ2) is 5.78. The van der Waals surface area contributed by atoms with E-state index in [1.807, 2.05) is 12.1 Å². The van der Waals surface area contributed by atoms with E-state index >= 15 is 0 Å². The van der Waals surface area contributed by atoms with Crippen molar-refractivity contribution in [1.29, 1.82) is 0 Å². The molecule has 3 aromatic rings. The second-order valence-corrected chi connectivity index (χ2v) is 7.32. The maximum absolute atomic E-state index is 12.3. The Labute approximate surface area is 152 Å². The molecule has 5 rings (SSSR count). The van der Waals surface area contributed by atoms with Crippen LogP contribution in [0.15, 0.2) is 24.3 Å². The standard InChI is InChI=1S/C22H22N2O2/c1-2-23-11-12-24-17-7-3-13-15(5-9-19(13)25)21(17)22-16-6-10-20(26)14(16)4-8-18(22)24/h3-4,7-8,23H,2,5-6,9-12H2,1H3. The SMILES string of the molecule is CCNCCn1c2ccc3c(c2c2c4c(ccc21)C(=O)CC4)CCC3=O. The van der Waals surface area contributed by atoms with E-state index in [1.165, 1.54) is 32.9 Å². The van der Waals surface area contributed by atoms with Crippen molar-refractivity contribution in [3.8, 4) is 0 Å². The minimum Gasteiger partial charge on any atom is -0.339 e. The molecule has 2 aliphatic rings. The van der Waals surface area contributed by atoms with E-state index < -0.39 is 0 Å². The van der Waals surface area contributed by atoms with Crippen LogP contribution in [0.25, 0.3) is 21.8 Å². The molecule has 0 aliphatic heterocycles. The van der Waals surface area contributed by atoms with E-state index in [2.05, 4.69) is 28.9 Å². The maximum atomic E-state index is 12.3. The van der Waals surface area contributed by atoms with E-state index in [0.717, 1.165) is 43.6 Å². The third-order valence-electron chi connectivity index (χ3n) is 5.98. The van der Waals surface area contributed by atoms with Gasteiger partial charge in [0.15, 0.2) is 11.6 Å². The highest BCUT2D eigenvalue weighted by atomic mass is 16.1. The Kier molecular flexibility index (Phi) is 3.50. The maximum Gasteiger partial charge on any atom is 0.163 e. The van der Waals surface area contributed by atoms with Gasteiger partial charge in [0.25, 0.3) is 0 Å². The first-order valence-electron chi connectivity index (χ1n) is 9.57. The summed E-state index contributed by atoms with van der Waals surface area (Å²) in [4.78, 5) is 24.6. The number of hydrogen-bond donors (Lipinski definition) is 1. The minimum atomic E-state index is 0.249. The summed E-state index contributed by atoms with van der Waals surface area (Å²) in [7, 11) is 0. The van der Waals surface area contributed by atoms with Crippen LogP contribution in [0.2, 0.25) is 0 Å². The van der Waals surface area contributed by atoms with Gasteiger partial charge < -0.3 is 9.88 Å². The average Bonchev–Trinajstić information content (AvgIpc) is 3.30. The van der Waals surface area contributed by atoms with Gasteiger partial charge in [-0.2, -0.15) is 0 Å². The Morgan fingerprint density at radius 1 is 0.846 bits per heavy atom. The Balaban J connectivity index is 1.87. The minimum absolute atomic E-state index is 0.249. The molecule has 0 fully saturated rings. The molecule has 26 heavy (non-hydrogen) atoms. The number of likely N-dealkylation sites (N-methyl/N-ethyl adjacent to an activating group) is 1. The van der Waals surface area contributed by atoms with Crippen LogP contribution in [-0.2, 0) is 19.4 Å². The number of carbonyl (C=O) groups is 2. The molecule has 132 valence electrons. The number of hydrogen-bond acceptors (Lipinski definition) is 3. The van der Waals surface area contributed by atoms with Crippen LogP contribution < -0.4 is 5.32 Å². The van der Waals surface area contributed by atoms with Crippen molar-refractivity contribution in [3.63, 3.8) is 0 Å². The first kappa shape index (κ1) is 15.8. The highest BCUT2D eigenvalue weighted by molar-refractivity contribution is 6.18. The van der Waals surface area contributed by atoms with Gasteiger partial charge in [-0.05, 0) is 54.8 Å². The quantitative estimate of drug-likeness (QED) is 0.734. The number of nitrogens with one attached hydrogen (secondary N) is 1. The Bertz CT molecular complexity index is 1010. The van der Waals surface area contributed by atoms with Crippen molar-refractivity contribution in [1.82, 2.24) is 9.88 Å². The molecule has 0 unspecified atom stereocenters. The lowest BCUT2D eigenvalue weighted by Crippen LogP contribution is -2.19. The van der Waals surface area contributed by atoms with Crippen molar-refractivity contribution in [2.75, 3.05) is 13.1 Å². The van der Waals surface area contributed by atoms with Crippen molar-refractivity contribution >= 4 is 33.4 Å². The van der Waals surface area contributed by atoms with Crippen LogP contribution in [0.5, 0.6) is 0 Å². The summed E-state index contributed by atoms with van der Waals surface area (Å²) in [6.45, 7) is 4.85. The van der Waals surface area contributed by atoms with E-state index in [4.69, 9.17) is 0 Å². The molecule has 4 heteroatoms. The number of fused-ring (bicyclic) bond motifs is 7. The van der Waals surface area contributed by atoms with E-state index in [9.17, 15) is 9.59 Å². The van der Waals surface area contributed by atoms with Crippen LogP contribution in [0, 0.1) is 0 Å². The van der Waals surface area contributed by atoms with Crippen LogP contribution in [0.3, 0.4) is 0 Å². The molecule has 0 atom stereocenters. The summed E-state index contributed by atoms with van der Waals surface area (Å²) in [6.07, 6.45) is 2.84. The number of nitrogens with zero attached hydrogens (tertiary/aromatic N) is 1. The number of aromatic nitrogens is 1. The second-order valence-electron chi connectivity index (χ2n) is 7.32. The highest BCUT2D eigenvalue weighted by Gasteiger charge is 2.29. The van der Waals surface area contributed by atoms with Crippen molar-refractivity contribution in [2.45, 2.75) is 39.2 Å². The van der Waals surface area contributed by atoms with Crippen molar-refractivity contribution in [3.05, 3.63) is 46.5 Å². The van der Waals surface area contributed by atoms with Crippen LogP contribution in [-0.4, -0.2) is 29.2 Å². The predicted molar refractivity (Wildman–Crippen MR) is 103 cm³/mol. The van der Waals surface area contributed by atoms with Crippen molar-refractivity contribution in [2.24, 2.45) is 0 Å². The molecule has 2 aromatic carbocycles. The Morgan fingerprint density at radius 2 is 1.38 bits per heavy atom. The molecule has 0 bridgehead atoms. The summed E-state index contributed by atoms with van der Waals surface area (Å²) in [5, 5.41) is 5.83. The lowest BCUT2D eigenvalue weighted by molar-refractivity contribution is 0.0986. The smallest absolute Gasteiger partial charge is 0.163 e. The molecule has 4 nitrogen and oxygen atoms in total. The van der Waals surface area contributed by atoms with E-state index in [1.54, 1.807) is 0 Å². The Morgan fingerprint density at radius 3 is 1.88 bits per heavy atom. The molecule has 1 heterocycles. The highest BCUT2D eigenvalue weighted by Crippen LogP contribution is 2.41. The fourth-order valence-electron chi connectivity index (χ4n) is 4.81. The summed E-state index contributed by atoms with van der Waals surface area (Å²) >= 11 is 0. The summed E-state index contributed by atoms with van der Waals surface area (Å²) in [5.74, 6) is 0.498. The van der Waals surface area contributed by atoms with Crippen LogP contribution >= 0.6 is 0 Å². The topological polar surface area (TPSA) is 51.1 Å². The lowest BCUT2D eigenvalue weighted by atomic mass is 9.98. The van der Waals surface area contributed by atoms with Gasteiger partial charge in [0.1, 0.15) is 0 Å². The number of carbonyl (C=O) groups excluding carboxylic acids is 2. The van der Waals surface area contributed by atoms with Crippen LogP contribution in [0.1, 0.15) is 51.6 Å². The number of benzene rings is 2. The van der Waals surface area contributed by atoms with Gasteiger partial charge >= 0.3 is 0 Å². The molecule has 1 N–H and O–H groups in total. The summed E-state index contributed by atoms with van der Waals surface area (Å²) in [6, 6.07) is 8.21. The van der Waals surface area contributed by atoms with Crippen LogP contribution in [0.4, 0.5) is 0 Å². The third-order valence-corrected chi connectivity index (χ3v) is 5.98. The van der Waals surface area contributed by atoms with Gasteiger partial charge in [0, 0.05) is 58.9 Å². The van der Waals surface area contributed by atoms with Crippen molar-refractivity contribution < 1.29 is 9.59 Å². The predicted octanol–water partition coefficient (Wildman–Crippen LogP) is 3.66. The molecular weight excluding hydrogens is 324 g/mol. The number of Topliss-reactive ketones (excluding diaryl/α,β-unsaturated/α-hetero) is 2. The van der Waals surface area contributed by atoms with Gasteiger partial charge in [-0.3, -0.25) is 9.59 Å². The summed E-state index contributed by atoms with van der Waals surface area (Å²) in [5.41, 5.74) is 6.52. The zero-order valence-electron chi connectivity index (χ0n) is 15.0. The molecule has 0 saturated heterocycles. The zero-order valence-corrected chi connectivity index (χ0v) is 15.0. The first-order valence-corrected chi connectivity index (χ1v) is 9.57. The monoisotopic (exact) mass is 346 g/mol. The van der Waals surface area contributed by atoms with Gasteiger partial charge in [-0.15, -0.1) is 0 Å². The molecule has 0 amide bonds. The molecular formula is C22H22N2O2. The lowest BCUT2D eigenvalue weighted by Gasteiger charge is -2.09. The zero-order chi connectivity index (χ0) is 17.8. The normalized spacial score (nSPS) is 16.0. The average molecular weight is 346 g/mol. The van der Waals surface area contributed by atoms with E-state index in [-0.39, 0.29) is 11.6 Å². The number of rotatable bonds is 4. The molecule has 0 saturated carbocycles. The molecule has 1 aromatic heterocycles. The third kappa shape index (κ3) is 2.05. The summed E-state index contributed by atoms with van der Waals surface area (Å²) < 4.78 is 2.36. The first-order chi connectivity index (χ1) is 12.7. The fraction of sp³-hybridized carbons (Fsp3) is 0.364. The molecule has 0 spiro atoms. The van der Waals surface area contributed by atoms with Gasteiger partial charge in [0.05, 0.1) is 0 Å². The largest absolute Gasteiger partial charge is 0.339 e. The fourth-order valence-corrected chi connectivity index (χ4v) is 4.81. The van der Waals surface area contributed by atoms with E-state index in [0.29, 0.717) is 12.8 Å². The number of ketones is 2. The molecule has 0 radical (unpaired) electrons. The van der Waals surface area contributed by atoms with Gasteiger partial charge in [-0.1, -0.05) is 6.92 Å². The number of aryl methyl sites for hydroxylation is 2. The molecule has 2 aliphatic carbocycles. The van der Waals surface area contributed by atoms with Gasteiger partial charge in [-0.25, -0.2) is 0 Å².